The Morgan fingerprint density at radius 3 is 2.95 bits per heavy atom. The number of aromatic nitrogens is 2. The van der Waals surface area contributed by atoms with Gasteiger partial charge in [0.05, 0.1) is 25.0 Å². The molecule has 0 aliphatic rings. The first-order chi connectivity index (χ1) is 10.1. The summed E-state index contributed by atoms with van der Waals surface area (Å²) in [5, 5.41) is 7.36. The number of hydrogen-bond acceptors (Lipinski definition) is 4. The van der Waals surface area contributed by atoms with Crippen LogP contribution in [0.4, 0.5) is 5.69 Å². The van der Waals surface area contributed by atoms with Crippen molar-refractivity contribution in [1.82, 2.24) is 9.78 Å². The highest BCUT2D eigenvalue weighted by atomic mass is 79.9. The van der Waals surface area contributed by atoms with Gasteiger partial charge in [-0.2, -0.15) is 5.10 Å². The quantitative estimate of drug-likeness (QED) is 0.868. The van der Waals surface area contributed by atoms with Crippen LogP contribution in [-0.2, 0) is 17.8 Å². The third kappa shape index (κ3) is 4.15. The highest BCUT2D eigenvalue weighted by Crippen LogP contribution is 2.17. The van der Waals surface area contributed by atoms with Gasteiger partial charge in [-0.3, -0.25) is 4.79 Å². The van der Waals surface area contributed by atoms with E-state index in [1.54, 1.807) is 13.3 Å². The third-order valence-electron chi connectivity index (χ3n) is 3.06. The summed E-state index contributed by atoms with van der Waals surface area (Å²) in [6.45, 7) is 3.59. The minimum absolute atomic E-state index is 0.165. The minimum atomic E-state index is -0.165. The Morgan fingerprint density at radius 1 is 1.43 bits per heavy atom. The first-order valence-corrected chi connectivity index (χ1v) is 7.45. The molecule has 21 heavy (non-hydrogen) atoms. The molecule has 1 N–H and O–H groups in total. The van der Waals surface area contributed by atoms with Crippen molar-refractivity contribution in [2.75, 3.05) is 19.0 Å². The lowest BCUT2D eigenvalue weighted by atomic mass is 10.1. The van der Waals surface area contributed by atoms with Gasteiger partial charge in [-0.1, -0.05) is 29.8 Å². The van der Waals surface area contributed by atoms with Gasteiger partial charge in [0.25, 0.3) is 5.56 Å². The van der Waals surface area contributed by atoms with Crippen molar-refractivity contribution in [1.29, 1.82) is 0 Å². The molecule has 0 fully saturated rings. The fraction of sp³-hybridized carbons (Fsp3) is 0.333. The van der Waals surface area contributed by atoms with E-state index >= 15 is 0 Å². The third-order valence-corrected chi connectivity index (χ3v) is 3.82. The molecule has 2 aromatic rings. The molecule has 1 aromatic heterocycles. The van der Waals surface area contributed by atoms with E-state index in [9.17, 15) is 4.79 Å². The lowest BCUT2D eigenvalue weighted by Crippen LogP contribution is -2.26. The fourth-order valence-electron chi connectivity index (χ4n) is 1.94. The van der Waals surface area contributed by atoms with Crippen molar-refractivity contribution < 1.29 is 4.74 Å². The van der Waals surface area contributed by atoms with E-state index in [1.807, 2.05) is 12.1 Å². The summed E-state index contributed by atoms with van der Waals surface area (Å²) in [7, 11) is 1.60. The second kappa shape index (κ2) is 7.38. The van der Waals surface area contributed by atoms with Crippen LogP contribution < -0.4 is 10.9 Å². The average Bonchev–Trinajstić information content (AvgIpc) is 2.48. The standard InChI is InChI=1S/C15H18BrN3O2/c1-11-4-3-5-12(8-11)9-17-13-10-18-19(6-7-21-2)15(20)14(13)16/h3-5,8,10,17H,6-7,9H2,1-2H3. The summed E-state index contributed by atoms with van der Waals surface area (Å²) in [5.74, 6) is 0. The van der Waals surface area contributed by atoms with Gasteiger partial charge in [-0.25, -0.2) is 4.68 Å². The van der Waals surface area contributed by atoms with E-state index in [1.165, 1.54) is 10.2 Å². The van der Waals surface area contributed by atoms with Gasteiger partial charge in [0, 0.05) is 13.7 Å². The Bertz CT molecular complexity index is 670. The van der Waals surface area contributed by atoms with Crippen LogP contribution in [0.5, 0.6) is 0 Å². The molecular weight excluding hydrogens is 334 g/mol. The van der Waals surface area contributed by atoms with Crippen molar-refractivity contribution >= 4 is 21.6 Å². The number of hydrogen-bond donors (Lipinski definition) is 1. The number of aryl methyl sites for hydroxylation is 1. The summed E-state index contributed by atoms with van der Waals surface area (Å²) in [4.78, 5) is 12.1. The Labute approximate surface area is 132 Å². The molecule has 0 amide bonds. The van der Waals surface area contributed by atoms with Crippen LogP contribution in [0.25, 0.3) is 0 Å². The molecule has 0 aliphatic heterocycles. The molecule has 0 aliphatic carbocycles. The zero-order chi connectivity index (χ0) is 15.2. The predicted octanol–water partition coefficient (Wildman–Crippen LogP) is 2.57. The maximum absolute atomic E-state index is 12.1. The molecule has 1 heterocycles. The van der Waals surface area contributed by atoms with Gasteiger partial charge in [0.15, 0.2) is 0 Å². The van der Waals surface area contributed by atoms with Gasteiger partial charge in [0.1, 0.15) is 4.47 Å². The molecule has 0 unspecified atom stereocenters. The van der Waals surface area contributed by atoms with E-state index in [-0.39, 0.29) is 5.56 Å². The number of nitrogens with one attached hydrogen (secondary N) is 1. The fourth-order valence-corrected chi connectivity index (χ4v) is 2.39. The average molecular weight is 352 g/mol. The van der Waals surface area contributed by atoms with Crippen molar-refractivity contribution in [2.24, 2.45) is 0 Å². The number of halogens is 1. The van der Waals surface area contributed by atoms with Crippen LogP contribution in [0.2, 0.25) is 0 Å². The molecule has 0 bridgehead atoms. The van der Waals surface area contributed by atoms with Crippen LogP contribution in [0.1, 0.15) is 11.1 Å². The molecule has 2 rings (SSSR count). The lowest BCUT2D eigenvalue weighted by molar-refractivity contribution is 0.181. The first kappa shape index (κ1) is 15.7. The van der Waals surface area contributed by atoms with E-state index in [2.05, 4.69) is 45.4 Å². The SMILES string of the molecule is COCCn1ncc(NCc2cccc(C)c2)c(Br)c1=O. The zero-order valence-corrected chi connectivity index (χ0v) is 13.7. The van der Waals surface area contributed by atoms with Crippen LogP contribution in [-0.4, -0.2) is 23.5 Å². The molecule has 6 heteroatoms. The minimum Gasteiger partial charge on any atom is -0.383 e. The van der Waals surface area contributed by atoms with E-state index in [4.69, 9.17) is 4.74 Å². The smallest absolute Gasteiger partial charge is 0.283 e. The maximum Gasteiger partial charge on any atom is 0.283 e. The number of methoxy groups -OCH3 is 1. The van der Waals surface area contributed by atoms with Crippen LogP contribution in [0.3, 0.4) is 0 Å². The van der Waals surface area contributed by atoms with Gasteiger partial charge < -0.3 is 10.1 Å². The van der Waals surface area contributed by atoms with Crippen molar-refractivity contribution in [3.05, 3.63) is 56.4 Å². The van der Waals surface area contributed by atoms with Gasteiger partial charge in [-0.15, -0.1) is 0 Å². The van der Waals surface area contributed by atoms with Gasteiger partial charge in [-0.05, 0) is 28.4 Å². The number of rotatable bonds is 6. The molecule has 0 saturated heterocycles. The molecule has 0 atom stereocenters. The highest BCUT2D eigenvalue weighted by molar-refractivity contribution is 9.10. The highest BCUT2D eigenvalue weighted by Gasteiger charge is 2.08. The van der Waals surface area contributed by atoms with Gasteiger partial charge in [0.2, 0.25) is 0 Å². The number of ether oxygens (including phenoxy) is 1. The van der Waals surface area contributed by atoms with Crippen molar-refractivity contribution in [2.45, 2.75) is 20.0 Å². The largest absolute Gasteiger partial charge is 0.383 e. The Morgan fingerprint density at radius 2 is 2.24 bits per heavy atom. The Balaban J connectivity index is 2.10. The predicted molar refractivity (Wildman–Crippen MR) is 86.6 cm³/mol. The summed E-state index contributed by atoms with van der Waals surface area (Å²) < 4.78 is 6.82. The summed E-state index contributed by atoms with van der Waals surface area (Å²) >= 11 is 3.33. The summed E-state index contributed by atoms with van der Waals surface area (Å²) in [6.07, 6.45) is 1.65. The molecule has 0 spiro atoms. The second-order valence-corrected chi connectivity index (χ2v) is 5.53. The summed E-state index contributed by atoms with van der Waals surface area (Å²) in [6, 6.07) is 8.22. The van der Waals surface area contributed by atoms with Crippen LogP contribution in [0, 0.1) is 6.92 Å². The number of nitrogens with zero attached hydrogens (tertiary/aromatic N) is 2. The molecule has 0 radical (unpaired) electrons. The summed E-state index contributed by atoms with van der Waals surface area (Å²) in [5.41, 5.74) is 2.89. The molecule has 0 saturated carbocycles. The zero-order valence-electron chi connectivity index (χ0n) is 12.1. The molecule has 5 nitrogen and oxygen atoms in total. The number of anilines is 1. The van der Waals surface area contributed by atoms with E-state index in [0.29, 0.717) is 29.9 Å². The van der Waals surface area contributed by atoms with Crippen LogP contribution >= 0.6 is 15.9 Å². The second-order valence-electron chi connectivity index (χ2n) is 4.74. The Kier molecular flexibility index (Phi) is 5.52. The topological polar surface area (TPSA) is 56.1 Å². The molecule has 1 aromatic carbocycles. The van der Waals surface area contributed by atoms with Crippen molar-refractivity contribution in [3.63, 3.8) is 0 Å². The monoisotopic (exact) mass is 351 g/mol. The first-order valence-electron chi connectivity index (χ1n) is 6.66. The van der Waals surface area contributed by atoms with Crippen LogP contribution in [0.15, 0.2) is 39.7 Å². The van der Waals surface area contributed by atoms with E-state index in [0.717, 1.165) is 5.56 Å². The number of benzene rings is 1. The normalized spacial score (nSPS) is 10.6. The Hall–Kier alpha value is -1.66. The maximum atomic E-state index is 12.1. The van der Waals surface area contributed by atoms with E-state index < -0.39 is 0 Å². The van der Waals surface area contributed by atoms with Crippen molar-refractivity contribution in [3.8, 4) is 0 Å². The molecule has 112 valence electrons. The molecular formula is C15H18BrN3O2. The van der Waals surface area contributed by atoms with Gasteiger partial charge >= 0.3 is 0 Å². The lowest BCUT2D eigenvalue weighted by Gasteiger charge is -2.10.